The van der Waals surface area contributed by atoms with Crippen LogP contribution >= 0.6 is 0 Å². The summed E-state index contributed by atoms with van der Waals surface area (Å²) in [6.45, 7) is 6.15. The van der Waals surface area contributed by atoms with E-state index in [1.165, 1.54) is 25.9 Å². The molecule has 0 radical (unpaired) electrons. The third-order valence-corrected chi connectivity index (χ3v) is 4.93. The molecule has 2 aliphatic heterocycles. The molecule has 0 atom stereocenters. The number of anilines is 1. The second-order valence-electron chi connectivity index (χ2n) is 6.31. The molecule has 2 fully saturated rings. The van der Waals surface area contributed by atoms with E-state index in [9.17, 15) is 4.79 Å². The van der Waals surface area contributed by atoms with Crippen molar-refractivity contribution in [3.05, 3.63) is 29.3 Å². The Hall–Kier alpha value is -1.55. The van der Waals surface area contributed by atoms with Gasteiger partial charge in [0.25, 0.3) is 5.91 Å². The van der Waals surface area contributed by atoms with Gasteiger partial charge in [-0.25, -0.2) is 0 Å². The van der Waals surface area contributed by atoms with Crippen LogP contribution < -0.4 is 5.73 Å². The van der Waals surface area contributed by atoms with Gasteiger partial charge in [0.15, 0.2) is 0 Å². The molecule has 114 valence electrons. The maximum Gasteiger partial charge on any atom is 0.256 e. The third kappa shape index (κ3) is 2.91. The van der Waals surface area contributed by atoms with E-state index >= 15 is 0 Å². The summed E-state index contributed by atoms with van der Waals surface area (Å²) in [4.78, 5) is 17.3. The van der Waals surface area contributed by atoms with E-state index in [2.05, 4.69) is 4.90 Å². The van der Waals surface area contributed by atoms with E-state index in [1.54, 1.807) is 0 Å². The van der Waals surface area contributed by atoms with Crippen LogP contribution in [0.2, 0.25) is 0 Å². The van der Waals surface area contributed by atoms with Crippen LogP contribution in [-0.2, 0) is 0 Å². The zero-order valence-electron chi connectivity index (χ0n) is 12.8. The predicted octanol–water partition coefficient (Wildman–Crippen LogP) is 2.28. The average Bonchev–Trinajstić information content (AvgIpc) is 3.01. The van der Waals surface area contributed by atoms with Crippen molar-refractivity contribution < 1.29 is 4.79 Å². The van der Waals surface area contributed by atoms with Gasteiger partial charge in [0.05, 0.1) is 5.56 Å². The van der Waals surface area contributed by atoms with Crippen LogP contribution in [0.3, 0.4) is 0 Å². The van der Waals surface area contributed by atoms with Gasteiger partial charge in [-0.2, -0.15) is 0 Å². The summed E-state index contributed by atoms with van der Waals surface area (Å²) in [5, 5.41) is 0. The van der Waals surface area contributed by atoms with Crippen molar-refractivity contribution in [2.45, 2.75) is 38.6 Å². The lowest BCUT2D eigenvalue weighted by atomic mass is 10.0. The summed E-state index contributed by atoms with van der Waals surface area (Å²) >= 11 is 0. The topological polar surface area (TPSA) is 49.6 Å². The molecule has 0 aliphatic carbocycles. The van der Waals surface area contributed by atoms with E-state index in [-0.39, 0.29) is 5.91 Å². The van der Waals surface area contributed by atoms with E-state index in [1.807, 2.05) is 30.0 Å². The Labute approximate surface area is 126 Å². The summed E-state index contributed by atoms with van der Waals surface area (Å²) in [6.07, 6.45) is 4.85. The first-order valence-corrected chi connectivity index (χ1v) is 8.05. The lowest BCUT2D eigenvalue weighted by molar-refractivity contribution is 0.0645. The fraction of sp³-hybridized carbons (Fsp3) is 0.588. The van der Waals surface area contributed by atoms with Crippen LogP contribution in [0.1, 0.15) is 41.6 Å². The predicted molar refractivity (Wildman–Crippen MR) is 85.3 cm³/mol. The summed E-state index contributed by atoms with van der Waals surface area (Å²) in [5.74, 6) is 0.102. The Kier molecular flexibility index (Phi) is 4.15. The van der Waals surface area contributed by atoms with Gasteiger partial charge in [0.2, 0.25) is 0 Å². The minimum absolute atomic E-state index is 0.102. The number of hydrogen-bond donors (Lipinski definition) is 1. The normalized spacial score (nSPS) is 20.9. The van der Waals surface area contributed by atoms with Crippen molar-refractivity contribution in [1.29, 1.82) is 0 Å². The zero-order valence-corrected chi connectivity index (χ0v) is 12.8. The zero-order chi connectivity index (χ0) is 14.8. The number of hydrogen-bond acceptors (Lipinski definition) is 3. The van der Waals surface area contributed by atoms with Gasteiger partial charge in [-0.1, -0.05) is 12.1 Å². The number of rotatable bonds is 2. The monoisotopic (exact) mass is 287 g/mol. The molecular weight excluding hydrogens is 262 g/mol. The lowest BCUT2D eigenvalue weighted by Gasteiger charge is -2.37. The van der Waals surface area contributed by atoms with Gasteiger partial charge >= 0.3 is 0 Å². The molecule has 2 N–H and O–H groups in total. The van der Waals surface area contributed by atoms with Gasteiger partial charge in [-0.05, 0) is 57.3 Å². The quantitative estimate of drug-likeness (QED) is 0.849. The molecule has 1 aromatic rings. The van der Waals surface area contributed by atoms with E-state index in [0.29, 0.717) is 17.3 Å². The number of nitrogen functional groups attached to an aromatic ring is 1. The molecule has 0 aromatic heterocycles. The van der Waals surface area contributed by atoms with Gasteiger partial charge in [-0.3, -0.25) is 4.79 Å². The number of nitrogens with two attached hydrogens (primary N) is 1. The molecule has 2 aliphatic rings. The second-order valence-corrected chi connectivity index (χ2v) is 6.31. The van der Waals surface area contributed by atoms with Crippen LogP contribution in [0.5, 0.6) is 0 Å². The fourth-order valence-electron chi connectivity index (χ4n) is 3.68. The highest BCUT2D eigenvalue weighted by atomic mass is 16.2. The van der Waals surface area contributed by atoms with Crippen molar-refractivity contribution >= 4 is 11.6 Å². The highest BCUT2D eigenvalue weighted by Gasteiger charge is 2.29. The average molecular weight is 287 g/mol. The van der Waals surface area contributed by atoms with Crippen molar-refractivity contribution in [3.8, 4) is 0 Å². The largest absolute Gasteiger partial charge is 0.398 e. The molecular formula is C17H25N3O. The molecule has 4 heteroatoms. The first kappa shape index (κ1) is 14.4. The highest BCUT2D eigenvalue weighted by Crippen LogP contribution is 2.24. The number of amides is 1. The molecule has 0 bridgehead atoms. The van der Waals surface area contributed by atoms with Gasteiger partial charge in [-0.15, -0.1) is 0 Å². The molecule has 2 saturated heterocycles. The maximum atomic E-state index is 12.7. The second kappa shape index (κ2) is 6.06. The number of piperidine rings is 1. The standard InChI is InChI=1S/C17H25N3O/c1-13-5-4-6-15(18)16(13)17(21)20-11-7-14(8-12-20)19-9-2-3-10-19/h4-6,14H,2-3,7-12,18H2,1H3. The molecule has 0 unspecified atom stereocenters. The summed E-state index contributed by atoms with van der Waals surface area (Å²) in [6, 6.07) is 6.35. The number of likely N-dealkylation sites (tertiary alicyclic amines) is 2. The lowest BCUT2D eigenvalue weighted by Crippen LogP contribution is -2.46. The highest BCUT2D eigenvalue weighted by molar-refractivity contribution is 6.00. The summed E-state index contributed by atoms with van der Waals surface area (Å²) < 4.78 is 0. The first-order chi connectivity index (χ1) is 10.2. The smallest absolute Gasteiger partial charge is 0.256 e. The van der Waals surface area contributed by atoms with Gasteiger partial charge in [0.1, 0.15) is 0 Å². The van der Waals surface area contributed by atoms with Crippen LogP contribution in [0.25, 0.3) is 0 Å². The minimum Gasteiger partial charge on any atom is -0.398 e. The number of aryl methyl sites for hydroxylation is 1. The fourth-order valence-corrected chi connectivity index (χ4v) is 3.68. The molecule has 0 saturated carbocycles. The maximum absolute atomic E-state index is 12.7. The minimum atomic E-state index is 0.102. The molecule has 21 heavy (non-hydrogen) atoms. The van der Waals surface area contributed by atoms with Gasteiger partial charge < -0.3 is 15.5 Å². The Morgan fingerprint density at radius 1 is 1.14 bits per heavy atom. The number of carbonyl (C=O) groups excluding carboxylic acids is 1. The van der Waals surface area contributed by atoms with Crippen molar-refractivity contribution in [1.82, 2.24) is 9.80 Å². The molecule has 0 spiro atoms. The molecule has 3 rings (SSSR count). The van der Waals surface area contributed by atoms with E-state index in [4.69, 9.17) is 5.73 Å². The van der Waals surface area contributed by atoms with Crippen LogP contribution in [0.15, 0.2) is 18.2 Å². The SMILES string of the molecule is Cc1cccc(N)c1C(=O)N1CCC(N2CCCC2)CC1. The summed E-state index contributed by atoms with van der Waals surface area (Å²) in [7, 11) is 0. The van der Waals surface area contributed by atoms with Crippen LogP contribution in [-0.4, -0.2) is 47.9 Å². The van der Waals surface area contributed by atoms with Crippen molar-refractivity contribution in [2.75, 3.05) is 31.9 Å². The van der Waals surface area contributed by atoms with Crippen molar-refractivity contribution in [2.24, 2.45) is 0 Å². The Bertz CT molecular complexity index is 495. The molecule has 4 nitrogen and oxygen atoms in total. The Balaban J connectivity index is 1.65. The number of carbonyl (C=O) groups is 1. The van der Waals surface area contributed by atoms with Crippen LogP contribution in [0, 0.1) is 6.92 Å². The molecule has 2 heterocycles. The Morgan fingerprint density at radius 2 is 1.81 bits per heavy atom. The Morgan fingerprint density at radius 3 is 2.43 bits per heavy atom. The molecule has 1 aromatic carbocycles. The van der Waals surface area contributed by atoms with Gasteiger partial charge in [0, 0.05) is 24.8 Å². The summed E-state index contributed by atoms with van der Waals surface area (Å²) in [5.41, 5.74) is 8.26. The number of benzene rings is 1. The number of nitrogens with zero attached hydrogens (tertiary/aromatic N) is 2. The van der Waals surface area contributed by atoms with E-state index < -0.39 is 0 Å². The van der Waals surface area contributed by atoms with Crippen molar-refractivity contribution in [3.63, 3.8) is 0 Å². The van der Waals surface area contributed by atoms with Crippen LogP contribution in [0.4, 0.5) is 5.69 Å². The third-order valence-electron chi connectivity index (χ3n) is 4.93. The van der Waals surface area contributed by atoms with E-state index in [0.717, 1.165) is 31.5 Å². The molecule has 1 amide bonds. The first-order valence-electron chi connectivity index (χ1n) is 8.05.